The maximum absolute atomic E-state index is 4.42. The van der Waals surface area contributed by atoms with Crippen molar-refractivity contribution in [3.8, 4) is 0 Å². The zero-order valence-corrected chi connectivity index (χ0v) is 19.7. The lowest BCUT2D eigenvalue weighted by atomic mass is 9.76. The predicted octanol–water partition coefficient (Wildman–Crippen LogP) is 9.61. The van der Waals surface area contributed by atoms with Gasteiger partial charge in [-0.15, -0.1) is 26.3 Å². The van der Waals surface area contributed by atoms with Crippen LogP contribution < -0.4 is 0 Å². The van der Waals surface area contributed by atoms with Crippen molar-refractivity contribution in [1.82, 2.24) is 0 Å². The monoisotopic (exact) mass is 422 g/mol. The second-order valence-corrected chi connectivity index (χ2v) is 7.53. The van der Waals surface area contributed by atoms with Gasteiger partial charge in [0.05, 0.1) is 0 Å². The molecule has 0 amide bonds. The second kappa shape index (κ2) is 15.4. The molecule has 0 aliphatic carbocycles. The molecule has 0 spiro atoms. The zero-order valence-electron chi connectivity index (χ0n) is 19.7. The van der Waals surface area contributed by atoms with E-state index in [0.29, 0.717) is 11.8 Å². The summed E-state index contributed by atoms with van der Waals surface area (Å²) in [4.78, 5) is 0. The van der Waals surface area contributed by atoms with Gasteiger partial charge in [0, 0.05) is 0 Å². The Balaban J connectivity index is 0.00000121. The predicted molar refractivity (Wildman–Crippen MR) is 146 cm³/mol. The summed E-state index contributed by atoms with van der Waals surface area (Å²) >= 11 is 0. The third-order valence-electron chi connectivity index (χ3n) is 5.66. The fourth-order valence-electron chi connectivity index (χ4n) is 3.99. The Kier molecular flexibility index (Phi) is 12.8. The van der Waals surface area contributed by atoms with Gasteiger partial charge in [-0.2, -0.15) is 0 Å². The third kappa shape index (κ3) is 8.04. The Hall–Kier alpha value is -3.38. The molecule has 166 valence electrons. The average Bonchev–Trinajstić information content (AvgIpc) is 2.89. The number of rotatable bonds is 9. The van der Waals surface area contributed by atoms with Crippen LogP contribution in [-0.4, -0.2) is 0 Å². The molecule has 0 aromatic heterocycles. The van der Waals surface area contributed by atoms with Gasteiger partial charge in [-0.1, -0.05) is 117 Å². The van der Waals surface area contributed by atoms with Crippen LogP contribution in [0.1, 0.15) is 48.8 Å². The van der Waals surface area contributed by atoms with Crippen molar-refractivity contribution < 1.29 is 0 Å². The molecule has 0 heteroatoms. The van der Waals surface area contributed by atoms with Gasteiger partial charge < -0.3 is 0 Å². The molecule has 0 saturated heterocycles. The van der Waals surface area contributed by atoms with Crippen molar-refractivity contribution in [2.45, 2.75) is 32.1 Å². The first-order chi connectivity index (χ1) is 15.7. The maximum Gasteiger partial charge on any atom is -0.00901 e. The molecule has 3 aromatic rings. The van der Waals surface area contributed by atoms with Gasteiger partial charge in [-0.05, 0) is 52.5 Å². The van der Waals surface area contributed by atoms with E-state index in [1.54, 1.807) is 0 Å². The quantitative estimate of drug-likeness (QED) is 0.301. The van der Waals surface area contributed by atoms with E-state index in [1.807, 2.05) is 0 Å². The number of allylic oxidation sites excluding steroid dienone is 2. The van der Waals surface area contributed by atoms with Crippen LogP contribution in [0, 0.1) is 5.92 Å². The smallest absolute Gasteiger partial charge is 0.00901 e. The van der Waals surface area contributed by atoms with E-state index in [-0.39, 0.29) is 0 Å². The Morgan fingerprint density at radius 2 is 0.969 bits per heavy atom. The molecule has 0 bridgehead atoms. The van der Waals surface area contributed by atoms with Gasteiger partial charge in [-0.25, -0.2) is 0 Å². The highest BCUT2D eigenvalue weighted by molar-refractivity contribution is 5.65. The highest BCUT2D eigenvalue weighted by Crippen LogP contribution is 2.39. The van der Waals surface area contributed by atoms with E-state index in [2.05, 4.69) is 137 Å². The van der Waals surface area contributed by atoms with Gasteiger partial charge in [0.1, 0.15) is 0 Å². The van der Waals surface area contributed by atoms with E-state index >= 15 is 0 Å². The van der Waals surface area contributed by atoms with Gasteiger partial charge in [0.15, 0.2) is 0 Å². The lowest BCUT2D eigenvalue weighted by Gasteiger charge is -2.29. The van der Waals surface area contributed by atoms with Crippen LogP contribution in [0.4, 0.5) is 0 Å². The van der Waals surface area contributed by atoms with Crippen molar-refractivity contribution >= 4 is 11.1 Å². The third-order valence-corrected chi connectivity index (χ3v) is 5.66. The fraction of sp³-hybridized carbons (Fsp3) is 0.188. The Morgan fingerprint density at radius 3 is 1.38 bits per heavy atom. The summed E-state index contributed by atoms with van der Waals surface area (Å²) in [6.45, 7) is 23.1. The highest BCUT2D eigenvalue weighted by atomic mass is 14.3. The standard InChI is InChI=1S/C28H30.2C2H4/c1-4-24(20-22(2)25-14-8-5-9-15-25)28(27-18-12-7-13-19-27)21-23(3)26-16-10-6-11-17-26;2*1-2/h5-19,24,28H,2-4,20-21H2,1H3;2*1-2H2. The lowest BCUT2D eigenvalue weighted by Crippen LogP contribution is -2.14. The Morgan fingerprint density at radius 1 is 0.594 bits per heavy atom. The first-order valence-electron chi connectivity index (χ1n) is 11.2. The largest absolute Gasteiger partial charge is 0.106 e. The van der Waals surface area contributed by atoms with Gasteiger partial charge in [-0.3, -0.25) is 0 Å². The lowest BCUT2D eigenvalue weighted by molar-refractivity contribution is 0.423. The summed E-state index contributed by atoms with van der Waals surface area (Å²) in [5.74, 6) is 0.954. The highest BCUT2D eigenvalue weighted by Gasteiger charge is 2.24. The minimum absolute atomic E-state index is 0.430. The van der Waals surface area contributed by atoms with E-state index in [1.165, 1.54) is 27.8 Å². The first kappa shape index (κ1) is 26.7. The maximum atomic E-state index is 4.42. The van der Waals surface area contributed by atoms with Crippen LogP contribution in [0.2, 0.25) is 0 Å². The zero-order chi connectivity index (χ0) is 23.8. The van der Waals surface area contributed by atoms with Crippen molar-refractivity contribution in [2.24, 2.45) is 5.92 Å². The van der Waals surface area contributed by atoms with Crippen molar-refractivity contribution in [2.75, 3.05) is 0 Å². The van der Waals surface area contributed by atoms with Crippen LogP contribution in [-0.2, 0) is 0 Å². The van der Waals surface area contributed by atoms with E-state index < -0.39 is 0 Å². The van der Waals surface area contributed by atoms with Crippen molar-refractivity contribution in [1.29, 1.82) is 0 Å². The molecule has 3 rings (SSSR count). The molecule has 2 unspecified atom stereocenters. The minimum atomic E-state index is 0.430. The average molecular weight is 423 g/mol. The second-order valence-electron chi connectivity index (χ2n) is 7.53. The summed E-state index contributed by atoms with van der Waals surface area (Å²) in [6, 6.07) is 32.0. The summed E-state index contributed by atoms with van der Waals surface area (Å²) < 4.78 is 0. The van der Waals surface area contributed by atoms with E-state index in [0.717, 1.165) is 19.3 Å². The molecule has 2 atom stereocenters. The molecular formula is C32H38. The van der Waals surface area contributed by atoms with Gasteiger partial charge >= 0.3 is 0 Å². The van der Waals surface area contributed by atoms with Crippen LogP contribution in [0.25, 0.3) is 11.1 Å². The molecule has 0 radical (unpaired) electrons. The van der Waals surface area contributed by atoms with Crippen molar-refractivity contribution in [3.63, 3.8) is 0 Å². The molecule has 0 fully saturated rings. The Bertz CT molecular complexity index is 904. The SMILES string of the molecule is C=C.C=C.C=C(CC(CC)C(CC(=C)c1ccccc1)c1ccccc1)c1ccccc1. The molecule has 0 N–H and O–H groups in total. The van der Waals surface area contributed by atoms with Gasteiger partial charge in [0.2, 0.25) is 0 Å². The summed E-state index contributed by atoms with van der Waals surface area (Å²) in [5.41, 5.74) is 6.30. The fourth-order valence-corrected chi connectivity index (χ4v) is 3.99. The van der Waals surface area contributed by atoms with E-state index in [4.69, 9.17) is 0 Å². The number of benzene rings is 3. The number of hydrogen-bond donors (Lipinski definition) is 0. The Labute approximate surface area is 196 Å². The first-order valence-corrected chi connectivity index (χ1v) is 11.2. The topological polar surface area (TPSA) is 0 Å². The summed E-state index contributed by atoms with van der Waals surface area (Å²) in [6.07, 6.45) is 3.09. The molecule has 0 nitrogen and oxygen atoms in total. The van der Waals surface area contributed by atoms with Crippen molar-refractivity contribution in [3.05, 3.63) is 147 Å². The van der Waals surface area contributed by atoms with Crippen LogP contribution >= 0.6 is 0 Å². The molecule has 0 saturated carbocycles. The molecule has 0 aliphatic heterocycles. The number of hydrogen-bond acceptors (Lipinski definition) is 0. The minimum Gasteiger partial charge on any atom is -0.106 e. The molecule has 3 aromatic carbocycles. The van der Waals surface area contributed by atoms with Crippen LogP contribution in [0.3, 0.4) is 0 Å². The van der Waals surface area contributed by atoms with Crippen LogP contribution in [0.15, 0.2) is 130 Å². The van der Waals surface area contributed by atoms with E-state index in [9.17, 15) is 0 Å². The molecule has 0 aliphatic rings. The summed E-state index contributed by atoms with van der Waals surface area (Å²) in [5, 5.41) is 0. The van der Waals surface area contributed by atoms with Crippen LogP contribution in [0.5, 0.6) is 0 Å². The molecule has 32 heavy (non-hydrogen) atoms. The summed E-state index contributed by atoms with van der Waals surface area (Å²) in [7, 11) is 0. The molecule has 0 heterocycles. The molecular weight excluding hydrogens is 384 g/mol. The van der Waals surface area contributed by atoms with Gasteiger partial charge in [0.25, 0.3) is 0 Å². The normalized spacial score (nSPS) is 11.5.